The predicted molar refractivity (Wildman–Crippen MR) is 89.6 cm³/mol. The zero-order chi connectivity index (χ0) is 17.4. The van der Waals surface area contributed by atoms with Crippen LogP contribution in [0.3, 0.4) is 0 Å². The van der Waals surface area contributed by atoms with Gasteiger partial charge in [0, 0.05) is 37.3 Å². The van der Waals surface area contributed by atoms with Crippen LogP contribution in [-0.4, -0.2) is 35.7 Å². The Labute approximate surface area is 144 Å². The van der Waals surface area contributed by atoms with Gasteiger partial charge in [0.1, 0.15) is 0 Å². The first kappa shape index (κ1) is 16.1. The summed E-state index contributed by atoms with van der Waals surface area (Å²) >= 11 is 0. The summed E-state index contributed by atoms with van der Waals surface area (Å²) in [5.74, 6) is -1.03. The molecular weight excluding hydrogens is 326 g/mol. The van der Waals surface area contributed by atoms with Crippen LogP contribution in [0.15, 0.2) is 24.4 Å². The molecule has 0 unspecified atom stereocenters. The number of hydrogen-bond acceptors (Lipinski definition) is 3. The van der Waals surface area contributed by atoms with E-state index in [1.807, 2.05) is 4.90 Å². The van der Waals surface area contributed by atoms with Crippen molar-refractivity contribution in [1.82, 2.24) is 15.5 Å². The fourth-order valence-electron chi connectivity index (χ4n) is 3.41. The quantitative estimate of drug-likeness (QED) is 0.875. The minimum Gasteiger partial charge on any atom is -0.371 e. The van der Waals surface area contributed by atoms with Gasteiger partial charge in [0.15, 0.2) is 11.6 Å². The molecule has 1 atom stereocenters. The van der Waals surface area contributed by atoms with E-state index in [2.05, 4.69) is 15.5 Å². The van der Waals surface area contributed by atoms with Crippen LogP contribution in [-0.2, 0) is 0 Å². The van der Waals surface area contributed by atoms with Gasteiger partial charge in [-0.1, -0.05) is 0 Å². The van der Waals surface area contributed by atoms with Gasteiger partial charge in [0.05, 0.1) is 17.5 Å². The van der Waals surface area contributed by atoms with Crippen molar-refractivity contribution in [3.63, 3.8) is 0 Å². The fourth-order valence-corrected chi connectivity index (χ4v) is 3.41. The highest BCUT2D eigenvalue weighted by Crippen LogP contribution is 2.40. The van der Waals surface area contributed by atoms with Crippen LogP contribution >= 0.6 is 0 Å². The molecule has 0 radical (unpaired) electrons. The molecule has 2 fully saturated rings. The Morgan fingerprint density at radius 3 is 2.88 bits per heavy atom. The number of halogens is 2. The molecule has 1 saturated carbocycles. The summed E-state index contributed by atoms with van der Waals surface area (Å²) in [6, 6.07) is 3.97. The normalized spacial score (nSPS) is 20.1. The Bertz CT molecular complexity index is 787. The van der Waals surface area contributed by atoms with Crippen molar-refractivity contribution in [2.24, 2.45) is 5.92 Å². The number of aromatic nitrogens is 2. The van der Waals surface area contributed by atoms with Gasteiger partial charge in [0.25, 0.3) is 5.91 Å². The van der Waals surface area contributed by atoms with Crippen molar-refractivity contribution in [2.75, 3.05) is 24.5 Å². The lowest BCUT2D eigenvalue weighted by Crippen LogP contribution is -2.31. The monoisotopic (exact) mass is 346 g/mol. The first-order valence-electron chi connectivity index (χ1n) is 8.63. The standard InChI is InChI=1S/C18H20F2N4O/c19-15-4-3-13(7-16(15)20)24-6-5-11(10-24)8-21-18(25)14-9-22-23-17(14)12-1-2-12/h3-4,7,9,11-12H,1-2,5-6,8,10H2,(H,21,25)(H,22,23)/t11-/m0/s1. The molecule has 25 heavy (non-hydrogen) atoms. The highest BCUT2D eigenvalue weighted by molar-refractivity contribution is 5.95. The minimum atomic E-state index is -0.835. The lowest BCUT2D eigenvalue weighted by molar-refractivity contribution is 0.0947. The maximum Gasteiger partial charge on any atom is 0.254 e. The van der Waals surface area contributed by atoms with Crippen LogP contribution in [0.4, 0.5) is 14.5 Å². The number of carbonyl (C=O) groups excluding carboxylic acids is 1. The summed E-state index contributed by atoms with van der Waals surface area (Å²) in [7, 11) is 0. The van der Waals surface area contributed by atoms with E-state index in [1.165, 1.54) is 6.07 Å². The van der Waals surface area contributed by atoms with Crippen molar-refractivity contribution in [3.8, 4) is 0 Å². The highest BCUT2D eigenvalue weighted by Gasteiger charge is 2.30. The van der Waals surface area contributed by atoms with Crippen LogP contribution in [0.25, 0.3) is 0 Å². The van der Waals surface area contributed by atoms with E-state index in [0.717, 1.165) is 37.6 Å². The van der Waals surface area contributed by atoms with E-state index in [4.69, 9.17) is 0 Å². The van der Waals surface area contributed by atoms with Crippen LogP contribution < -0.4 is 10.2 Å². The number of nitrogens with zero attached hydrogens (tertiary/aromatic N) is 2. The Morgan fingerprint density at radius 2 is 2.12 bits per heavy atom. The maximum absolute atomic E-state index is 13.4. The number of rotatable bonds is 5. The van der Waals surface area contributed by atoms with E-state index < -0.39 is 11.6 Å². The van der Waals surface area contributed by atoms with Gasteiger partial charge in [-0.3, -0.25) is 9.89 Å². The molecule has 0 bridgehead atoms. The second-order valence-corrected chi connectivity index (χ2v) is 6.88. The number of aromatic amines is 1. The first-order chi connectivity index (χ1) is 12.1. The lowest BCUT2D eigenvalue weighted by atomic mass is 10.1. The number of carbonyl (C=O) groups is 1. The summed E-state index contributed by atoms with van der Waals surface area (Å²) in [6.45, 7) is 2.05. The molecule has 5 nitrogen and oxygen atoms in total. The van der Waals surface area contributed by atoms with Crippen molar-refractivity contribution in [2.45, 2.75) is 25.2 Å². The summed E-state index contributed by atoms with van der Waals surface area (Å²) in [6.07, 6.45) is 4.70. The molecule has 1 aromatic carbocycles. The van der Waals surface area contributed by atoms with Gasteiger partial charge in [-0.05, 0) is 37.3 Å². The number of benzene rings is 1. The topological polar surface area (TPSA) is 61.0 Å². The third kappa shape index (κ3) is 3.36. The Balaban J connectivity index is 1.32. The van der Waals surface area contributed by atoms with Gasteiger partial charge in [0.2, 0.25) is 0 Å². The lowest BCUT2D eigenvalue weighted by Gasteiger charge is -2.19. The molecular formula is C18H20F2N4O. The number of nitrogens with one attached hydrogen (secondary N) is 2. The van der Waals surface area contributed by atoms with E-state index in [1.54, 1.807) is 12.3 Å². The Hall–Kier alpha value is -2.44. The van der Waals surface area contributed by atoms with E-state index in [0.29, 0.717) is 30.3 Å². The molecule has 132 valence electrons. The molecule has 1 aliphatic heterocycles. The number of H-pyrrole nitrogens is 1. The second kappa shape index (κ2) is 6.46. The molecule has 2 heterocycles. The predicted octanol–water partition coefficient (Wildman–Crippen LogP) is 2.82. The zero-order valence-corrected chi connectivity index (χ0v) is 13.8. The number of hydrogen-bond donors (Lipinski definition) is 2. The van der Waals surface area contributed by atoms with Crippen LogP contribution in [0.2, 0.25) is 0 Å². The molecule has 1 saturated heterocycles. The van der Waals surface area contributed by atoms with Crippen LogP contribution in [0, 0.1) is 17.6 Å². The maximum atomic E-state index is 13.4. The number of anilines is 1. The van der Waals surface area contributed by atoms with Crippen molar-refractivity contribution < 1.29 is 13.6 Å². The third-order valence-corrected chi connectivity index (χ3v) is 5.00. The van der Waals surface area contributed by atoms with Crippen molar-refractivity contribution in [1.29, 1.82) is 0 Å². The van der Waals surface area contributed by atoms with Gasteiger partial charge >= 0.3 is 0 Å². The average molecular weight is 346 g/mol. The molecule has 1 aromatic heterocycles. The Morgan fingerprint density at radius 1 is 1.28 bits per heavy atom. The first-order valence-corrected chi connectivity index (χ1v) is 8.63. The molecule has 0 spiro atoms. The summed E-state index contributed by atoms with van der Waals surface area (Å²) in [5.41, 5.74) is 2.25. The van der Waals surface area contributed by atoms with Gasteiger partial charge < -0.3 is 10.2 Å². The average Bonchev–Trinajstić information content (AvgIpc) is 3.14. The van der Waals surface area contributed by atoms with Crippen molar-refractivity contribution >= 4 is 11.6 Å². The minimum absolute atomic E-state index is 0.0954. The molecule has 1 aliphatic carbocycles. The summed E-state index contributed by atoms with van der Waals surface area (Å²) in [5, 5.41) is 9.90. The van der Waals surface area contributed by atoms with E-state index in [-0.39, 0.29) is 11.8 Å². The van der Waals surface area contributed by atoms with E-state index in [9.17, 15) is 13.6 Å². The van der Waals surface area contributed by atoms with Crippen LogP contribution in [0.1, 0.15) is 41.2 Å². The van der Waals surface area contributed by atoms with Gasteiger partial charge in [-0.25, -0.2) is 8.78 Å². The zero-order valence-electron chi connectivity index (χ0n) is 13.8. The molecule has 2 N–H and O–H groups in total. The fraction of sp³-hybridized carbons (Fsp3) is 0.444. The van der Waals surface area contributed by atoms with Crippen molar-refractivity contribution in [3.05, 3.63) is 47.3 Å². The number of amides is 1. The van der Waals surface area contributed by atoms with E-state index >= 15 is 0 Å². The Kier molecular flexibility index (Phi) is 4.15. The molecule has 4 rings (SSSR count). The van der Waals surface area contributed by atoms with Gasteiger partial charge in [-0.2, -0.15) is 5.10 Å². The van der Waals surface area contributed by atoms with Crippen LogP contribution in [0.5, 0.6) is 0 Å². The third-order valence-electron chi connectivity index (χ3n) is 5.00. The summed E-state index contributed by atoms with van der Waals surface area (Å²) < 4.78 is 26.4. The molecule has 2 aromatic rings. The molecule has 2 aliphatic rings. The SMILES string of the molecule is O=C(NC[C@@H]1CCN(c2ccc(F)c(F)c2)C1)c1cn[nH]c1C1CC1. The summed E-state index contributed by atoms with van der Waals surface area (Å²) in [4.78, 5) is 14.4. The second-order valence-electron chi connectivity index (χ2n) is 6.88. The smallest absolute Gasteiger partial charge is 0.254 e. The highest BCUT2D eigenvalue weighted by atomic mass is 19.2. The molecule has 1 amide bonds. The molecule has 7 heteroatoms. The largest absolute Gasteiger partial charge is 0.371 e. The van der Waals surface area contributed by atoms with Gasteiger partial charge in [-0.15, -0.1) is 0 Å².